The van der Waals surface area contributed by atoms with E-state index >= 15 is 0 Å². The van der Waals surface area contributed by atoms with Crippen molar-refractivity contribution in [2.75, 3.05) is 0 Å². The molecular weight excluding hydrogens is 248 g/mol. The molecule has 0 aliphatic carbocycles. The van der Waals surface area contributed by atoms with Gasteiger partial charge in [-0.3, -0.25) is 0 Å². The Hall–Kier alpha value is -1.35. The molecule has 1 unspecified atom stereocenters. The first-order valence-corrected chi connectivity index (χ1v) is 6.15. The largest absolute Gasteiger partial charge is 0.361 e. The Kier molecular flexibility index (Phi) is 3.71. The van der Waals surface area contributed by atoms with Crippen molar-refractivity contribution in [3.8, 4) is 0 Å². The maximum atomic E-state index is 10.3. The average Bonchev–Trinajstić information content (AvgIpc) is 2.39. The monoisotopic (exact) mass is 262 g/mol. The van der Waals surface area contributed by atoms with Crippen molar-refractivity contribution >= 4 is 11.6 Å². The van der Waals surface area contributed by atoms with Gasteiger partial charge in [-0.25, -0.2) is 0 Å². The molecule has 2 aromatic rings. The zero-order chi connectivity index (χ0) is 13.2. The van der Waals surface area contributed by atoms with Gasteiger partial charge in [0.1, 0.15) is 0 Å². The Balaban J connectivity index is 2.33. The van der Waals surface area contributed by atoms with Gasteiger partial charge in [0.05, 0.1) is 0 Å². The fourth-order valence-corrected chi connectivity index (χ4v) is 2.05. The summed E-state index contributed by atoms with van der Waals surface area (Å²) in [5.41, 5.74) is 1.31. The second kappa shape index (κ2) is 5.11. The van der Waals surface area contributed by atoms with Crippen LogP contribution in [0.15, 0.2) is 54.6 Å². The molecule has 0 fully saturated rings. The van der Waals surface area contributed by atoms with E-state index in [9.17, 15) is 10.2 Å². The van der Waals surface area contributed by atoms with Gasteiger partial charge in [-0.2, -0.15) is 0 Å². The second-order valence-corrected chi connectivity index (χ2v) is 4.80. The molecule has 2 N–H and O–H groups in total. The summed E-state index contributed by atoms with van der Waals surface area (Å²) >= 11 is 5.80. The van der Waals surface area contributed by atoms with Crippen molar-refractivity contribution in [3.05, 3.63) is 70.7 Å². The summed E-state index contributed by atoms with van der Waals surface area (Å²) in [5, 5.41) is 21.2. The van der Waals surface area contributed by atoms with Crippen LogP contribution in [-0.4, -0.2) is 10.2 Å². The molecule has 18 heavy (non-hydrogen) atoms. The molecule has 2 nitrogen and oxygen atoms in total. The summed E-state index contributed by atoms with van der Waals surface area (Å²) in [5.74, 6) is -2.34. The number of hydrogen-bond acceptors (Lipinski definition) is 2. The molecule has 2 aromatic carbocycles. The Labute approximate surface area is 111 Å². The molecule has 2 rings (SSSR count). The maximum absolute atomic E-state index is 10.3. The smallest absolute Gasteiger partial charge is 0.196 e. The third-order valence-corrected chi connectivity index (χ3v) is 3.42. The lowest BCUT2D eigenvalue weighted by atomic mass is 9.87. The minimum atomic E-state index is -1.91. The summed E-state index contributed by atoms with van der Waals surface area (Å²) in [6.07, 6.45) is 0. The first kappa shape index (κ1) is 13.1. The molecule has 94 valence electrons. The maximum Gasteiger partial charge on any atom is 0.196 e. The minimum Gasteiger partial charge on any atom is -0.361 e. The molecule has 1 atom stereocenters. The first-order chi connectivity index (χ1) is 8.51. The standard InChI is InChI=1S/C15H15ClO2/c1-11(12-5-3-2-4-6-12)15(17,18)13-7-9-14(16)10-8-13/h2-11,17-18H,1H3. The predicted molar refractivity (Wildman–Crippen MR) is 72.4 cm³/mol. The third-order valence-electron chi connectivity index (χ3n) is 3.17. The van der Waals surface area contributed by atoms with Crippen LogP contribution in [0.4, 0.5) is 0 Å². The van der Waals surface area contributed by atoms with Gasteiger partial charge in [0.25, 0.3) is 0 Å². The van der Waals surface area contributed by atoms with E-state index < -0.39 is 11.7 Å². The summed E-state index contributed by atoms with van der Waals surface area (Å²) in [6, 6.07) is 16.0. The molecule has 0 saturated carbocycles. The molecule has 0 bridgehead atoms. The lowest BCUT2D eigenvalue weighted by Crippen LogP contribution is -2.31. The van der Waals surface area contributed by atoms with Crippen LogP contribution in [-0.2, 0) is 5.79 Å². The molecule has 0 radical (unpaired) electrons. The van der Waals surface area contributed by atoms with Gasteiger partial charge in [-0.05, 0) is 17.7 Å². The Morgan fingerprint density at radius 3 is 2.06 bits per heavy atom. The van der Waals surface area contributed by atoms with Crippen molar-refractivity contribution < 1.29 is 10.2 Å². The van der Waals surface area contributed by atoms with Crippen LogP contribution in [0.1, 0.15) is 24.0 Å². The summed E-state index contributed by atoms with van der Waals surface area (Å²) in [6.45, 7) is 1.78. The van der Waals surface area contributed by atoms with E-state index in [0.717, 1.165) is 5.56 Å². The average molecular weight is 263 g/mol. The van der Waals surface area contributed by atoms with Crippen LogP contribution in [0.2, 0.25) is 5.02 Å². The van der Waals surface area contributed by atoms with Crippen LogP contribution in [0.25, 0.3) is 0 Å². The van der Waals surface area contributed by atoms with Crippen molar-refractivity contribution in [2.24, 2.45) is 0 Å². The van der Waals surface area contributed by atoms with Crippen molar-refractivity contribution in [1.82, 2.24) is 0 Å². The van der Waals surface area contributed by atoms with E-state index in [2.05, 4.69) is 0 Å². The highest BCUT2D eigenvalue weighted by Gasteiger charge is 2.33. The van der Waals surface area contributed by atoms with Crippen molar-refractivity contribution in [1.29, 1.82) is 0 Å². The van der Waals surface area contributed by atoms with Crippen molar-refractivity contribution in [2.45, 2.75) is 18.6 Å². The van der Waals surface area contributed by atoms with E-state index in [4.69, 9.17) is 11.6 Å². The zero-order valence-electron chi connectivity index (χ0n) is 10.0. The molecule has 0 saturated heterocycles. The Morgan fingerprint density at radius 2 is 1.50 bits per heavy atom. The Morgan fingerprint density at radius 1 is 0.944 bits per heavy atom. The molecule has 0 spiro atoms. The highest BCUT2D eigenvalue weighted by molar-refractivity contribution is 6.30. The summed E-state index contributed by atoms with van der Waals surface area (Å²) in [7, 11) is 0. The summed E-state index contributed by atoms with van der Waals surface area (Å²) in [4.78, 5) is 0. The van der Waals surface area contributed by atoms with Crippen LogP contribution in [0, 0.1) is 0 Å². The topological polar surface area (TPSA) is 40.5 Å². The van der Waals surface area contributed by atoms with Gasteiger partial charge < -0.3 is 10.2 Å². The molecule has 3 heteroatoms. The molecule has 0 amide bonds. The number of hydrogen-bond donors (Lipinski definition) is 2. The molecule has 0 heterocycles. The van der Waals surface area contributed by atoms with Gasteiger partial charge in [-0.1, -0.05) is 61.0 Å². The SMILES string of the molecule is CC(c1ccccc1)C(O)(O)c1ccc(Cl)cc1. The zero-order valence-corrected chi connectivity index (χ0v) is 10.8. The second-order valence-electron chi connectivity index (χ2n) is 4.37. The van der Waals surface area contributed by atoms with Gasteiger partial charge in [0.15, 0.2) is 5.79 Å². The van der Waals surface area contributed by atoms with E-state index in [1.165, 1.54) is 0 Å². The van der Waals surface area contributed by atoms with Gasteiger partial charge in [0, 0.05) is 16.5 Å². The van der Waals surface area contributed by atoms with E-state index in [1.54, 1.807) is 31.2 Å². The molecule has 0 aliphatic heterocycles. The number of rotatable bonds is 3. The van der Waals surface area contributed by atoms with Crippen LogP contribution in [0.5, 0.6) is 0 Å². The fourth-order valence-electron chi connectivity index (χ4n) is 1.92. The van der Waals surface area contributed by atoms with Crippen LogP contribution >= 0.6 is 11.6 Å². The van der Waals surface area contributed by atoms with Crippen molar-refractivity contribution in [3.63, 3.8) is 0 Å². The van der Waals surface area contributed by atoms with E-state index in [0.29, 0.717) is 10.6 Å². The lowest BCUT2D eigenvalue weighted by Gasteiger charge is -2.29. The normalized spacial score (nSPS) is 13.3. The van der Waals surface area contributed by atoms with E-state index in [-0.39, 0.29) is 0 Å². The highest BCUT2D eigenvalue weighted by atomic mass is 35.5. The van der Waals surface area contributed by atoms with Crippen LogP contribution in [0.3, 0.4) is 0 Å². The molecular formula is C15H15ClO2. The van der Waals surface area contributed by atoms with Gasteiger partial charge >= 0.3 is 0 Å². The van der Waals surface area contributed by atoms with Gasteiger partial charge in [-0.15, -0.1) is 0 Å². The number of benzene rings is 2. The van der Waals surface area contributed by atoms with Crippen LogP contribution < -0.4 is 0 Å². The fraction of sp³-hybridized carbons (Fsp3) is 0.200. The first-order valence-electron chi connectivity index (χ1n) is 5.77. The molecule has 0 aromatic heterocycles. The summed E-state index contributed by atoms with van der Waals surface area (Å²) < 4.78 is 0. The molecule has 0 aliphatic rings. The highest BCUT2D eigenvalue weighted by Crippen LogP contribution is 2.34. The third kappa shape index (κ3) is 2.56. The quantitative estimate of drug-likeness (QED) is 0.834. The number of halogens is 1. The minimum absolute atomic E-state index is 0.431. The van der Waals surface area contributed by atoms with E-state index in [1.807, 2.05) is 30.3 Å². The number of aliphatic hydroxyl groups is 2. The predicted octanol–water partition coefficient (Wildman–Crippen LogP) is 3.28. The van der Waals surface area contributed by atoms with Gasteiger partial charge in [0.2, 0.25) is 0 Å². The Bertz CT molecular complexity index is 506. The lowest BCUT2D eigenvalue weighted by molar-refractivity contribution is -0.185.